The molecule has 0 aromatic carbocycles. The zero-order chi connectivity index (χ0) is 59.1. The van der Waals surface area contributed by atoms with E-state index in [2.05, 4.69) is 77.8 Å². The summed E-state index contributed by atoms with van der Waals surface area (Å²) in [6.07, 6.45) is 17.9. The third-order valence-electron chi connectivity index (χ3n) is 12.4. The van der Waals surface area contributed by atoms with Gasteiger partial charge in [0.15, 0.2) is 0 Å². The molecule has 1 saturated heterocycles. The zero-order valence-electron chi connectivity index (χ0n) is 48.5. The number of nitrogens with zero attached hydrogens (tertiary/aromatic N) is 2. The number of hydrogen-bond acceptors (Lipinski definition) is 15. The van der Waals surface area contributed by atoms with Crippen molar-refractivity contribution < 1.29 is 52.7 Å². The van der Waals surface area contributed by atoms with Gasteiger partial charge in [0.2, 0.25) is 41.4 Å². The summed E-state index contributed by atoms with van der Waals surface area (Å²) in [5.74, 6) is -3.78. The van der Waals surface area contributed by atoms with Crippen molar-refractivity contribution in [3.05, 3.63) is 47.1 Å². The second kappa shape index (κ2) is 38.1. The van der Waals surface area contributed by atoms with Crippen molar-refractivity contribution in [2.75, 3.05) is 62.6 Å². The molecule has 6 N–H and O–H groups in total. The highest BCUT2D eigenvalue weighted by Crippen LogP contribution is 2.35. The highest BCUT2D eigenvalue weighted by atomic mass is 33.1. The van der Waals surface area contributed by atoms with Crippen LogP contribution in [0, 0.1) is 5.92 Å². The van der Waals surface area contributed by atoms with Crippen LogP contribution in [0.15, 0.2) is 47.1 Å². The van der Waals surface area contributed by atoms with Crippen molar-refractivity contribution in [1.29, 1.82) is 0 Å². The second-order valence-corrected chi connectivity index (χ2v) is 26.7. The quantitative estimate of drug-likeness (QED) is 0.0138. The Hall–Kier alpha value is -4.74. The molecule has 2 aliphatic rings. The molecular weight excluding hydrogens is 1090 g/mol. The Labute approximate surface area is 485 Å². The van der Waals surface area contributed by atoms with Crippen LogP contribution in [0.2, 0.25) is 0 Å². The molecule has 5 atom stereocenters. The molecule has 0 radical (unpaired) electrons. The van der Waals surface area contributed by atoms with Crippen molar-refractivity contribution >= 4 is 104 Å². The van der Waals surface area contributed by atoms with Crippen LogP contribution in [0.3, 0.4) is 0 Å². The van der Waals surface area contributed by atoms with Crippen molar-refractivity contribution in [3.8, 4) is 0 Å². The smallest absolute Gasteiger partial charge is 0.329 e. The Bertz CT molecular complexity index is 2180. The lowest BCUT2D eigenvalue weighted by atomic mass is 10.0. The highest BCUT2D eigenvalue weighted by molar-refractivity contribution is 8.77. The van der Waals surface area contributed by atoms with Gasteiger partial charge in [0.05, 0.1) is 20.2 Å². The van der Waals surface area contributed by atoms with E-state index >= 15 is 0 Å². The molecule has 0 unspecified atom stereocenters. The predicted molar refractivity (Wildman–Crippen MR) is 320 cm³/mol. The van der Waals surface area contributed by atoms with Gasteiger partial charge in [-0.05, 0) is 110 Å². The molecule has 0 aromatic rings. The summed E-state index contributed by atoms with van der Waals surface area (Å²) in [7, 11) is 4.13. The van der Waals surface area contributed by atoms with E-state index in [1.807, 2.05) is 40.9 Å². The number of esters is 1. The molecule has 2 aliphatic heterocycles. The SMILES string of the molecule is COC(=O)[C@H](CSC/C=C(\C)CC/C=C(\C)CCC=C(C)C)NC(=O)[C@@H]1CCCN1C(=O)[C@H](CC(C)C)NC(=O)CNC(=O)[C@H](CCSC)NC(=O)[C@H](CSSC(C)(C)C)NC(=O)CNC(=O)CCCCCN1C(=O)C=CC1=O. The molecule has 0 aliphatic carbocycles. The maximum atomic E-state index is 14.2. The number of amides is 9. The molecular formula is C56H90N8O11S4. The predicted octanol–water partition coefficient (Wildman–Crippen LogP) is 5.94. The molecule has 0 spiro atoms. The highest BCUT2D eigenvalue weighted by Gasteiger charge is 2.39. The number of likely N-dealkylation sites (tertiary alicyclic amines) is 1. The van der Waals surface area contributed by atoms with Crippen molar-refractivity contribution in [3.63, 3.8) is 0 Å². The molecule has 1 fully saturated rings. The number of carbonyl (C=O) groups excluding carboxylic acids is 10. The lowest BCUT2D eigenvalue weighted by molar-refractivity contribution is -0.146. The summed E-state index contributed by atoms with van der Waals surface area (Å²) in [6.45, 7) is 17.8. The van der Waals surface area contributed by atoms with Crippen LogP contribution in [0.25, 0.3) is 0 Å². The van der Waals surface area contributed by atoms with E-state index in [-0.39, 0.29) is 72.2 Å². The van der Waals surface area contributed by atoms with E-state index in [1.165, 1.54) is 86.0 Å². The second-order valence-electron chi connectivity index (χ2n) is 21.4. The first kappa shape index (κ1) is 70.4. The Morgan fingerprint density at radius 2 is 1.37 bits per heavy atom. The molecule has 19 nitrogen and oxygen atoms in total. The first-order valence-electron chi connectivity index (χ1n) is 27.3. The number of unbranched alkanes of at least 4 members (excludes halogenated alkanes) is 2. The zero-order valence-corrected chi connectivity index (χ0v) is 51.8. The molecule has 0 saturated carbocycles. The fourth-order valence-electron chi connectivity index (χ4n) is 8.17. The average molecular weight is 1180 g/mol. The number of ether oxygens (including phenoxy) is 1. The summed E-state index contributed by atoms with van der Waals surface area (Å²) in [5, 5.41) is 16.2. The van der Waals surface area contributed by atoms with Gasteiger partial charge in [-0.15, -0.1) is 0 Å². The topological polar surface area (TPSA) is 259 Å². The summed E-state index contributed by atoms with van der Waals surface area (Å²) in [4.78, 5) is 134. The van der Waals surface area contributed by atoms with Gasteiger partial charge in [0, 0.05) is 53.7 Å². The summed E-state index contributed by atoms with van der Waals surface area (Å²) in [6, 6.07) is -5.06. The van der Waals surface area contributed by atoms with Crippen molar-refractivity contribution in [2.24, 2.45) is 5.92 Å². The number of hydrogen-bond donors (Lipinski definition) is 6. The fourth-order valence-corrected chi connectivity index (χ4v) is 12.1. The van der Waals surface area contributed by atoms with E-state index in [0.29, 0.717) is 43.6 Å². The van der Waals surface area contributed by atoms with E-state index in [4.69, 9.17) is 4.74 Å². The minimum atomic E-state index is -1.10. The maximum Gasteiger partial charge on any atom is 0.329 e. The van der Waals surface area contributed by atoms with Crippen LogP contribution in [0.4, 0.5) is 0 Å². The number of methoxy groups -OCH3 is 1. The van der Waals surface area contributed by atoms with Gasteiger partial charge >= 0.3 is 5.97 Å². The van der Waals surface area contributed by atoms with Crippen LogP contribution in [0.1, 0.15) is 139 Å². The molecule has 9 amide bonds. The number of rotatable bonds is 37. The molecule has 0 bridgehead atoms. The molecule has 0 aromatic heterocycles. The largest absolute Gasteiger partial charge is 0.467 e. The third-order valence-corrected chi connectivity index (χ3v) is 17.4. The van der Waals surface area contributed by atoms with Gasteiger partial charge in [-0.1, -0.05) is 97.6 Å². The average Bonchev–Trinajstić information content (AvgIpc) is 4.02. The van der Waals surface area contributed by atoms with Crippen LogP contribution >= 0.6 is 45.1 Å². The maximum absolute atomic E-state index is 14.2. The Morgan fingerprint density at radius 3 is 1.99 bits per heavy atom. The molecule has 79 heavy (non-hydrogen) atoms. The first-order chi connectivity index (χ1) is 37.3. The number of imide groups is 1. The van der Waals surface area contributed by atoms with Crippen LogP contribution in [0.5, 0.6) is 0 Å². The van der Waals surface area contributed by atoms with Crippen LogP contribution in [-0.2, 0) is 52.7 Å². The number of nitrogens with one attached hydrogen (secondary N) is 6. The summed E-state index contributed by atoms with van der Waals surface area (Å²) < 4.78 is 4.86. The number of thioether (sulfide) groups is 2. The van der Waals surface area contributed by atoms with Gasteiger partial charge < -0.3 is 41.5 Å². The fraction of sp³-hybridized carbons (Fsp3) is 0.679. The number of allylic oxidation sites excluding steroid dienone is 5. The number of carbonyl (C=O) groups is 10. The van der Waals surface area contributed by atoms with E-state index < -0.39 is 84.7 Å². The third kappa shape index (κ3) is 29.5. The van der Waals surface area contributed by atoms with Gasteiger partial charge in [0.25, 0.3) is 11.8 Å². The molecule has 23 heteroatoms. The normalized spacial score (nSPS) is 16.2. The monoisotopic (exact) mass is 1180 g/mol. The minimum absolute atomic E-state index is 0.0477. The van der Waals surface area contributed by atoms with Crippen LogP contribution < -0.4 is 31.9 Å². The Balaban J connectivity index is 2.03. The summed E-state index contributed by atoms with van der Waals surface area (Å²) >= 11 is 2.94. The molecule has 2 heterocycles. The molecule has 444 valence electrons. The molecule has 2 rings (SSSR count). The van der Waals surface area contributed by atoms with Gasteiger partial charge in [0.1, 0.15) is 30.2 Å². The van der Waals surface area contributed by atoms with Crippen LogP contribution in [-0.4, -0.2) is 166 Å². The minimum Gasteiger partial charge on any atom is -0.467 e. The Kier molecular flexibility index (Phi) is 33.9. The van der Waals surface area contributed by atoms with E-state index in [9.17, 15) is 47.9 Å². The van der Waals surface area contributed by atoms with Gasteiger partial charge in [-0.3, -0.25) is 48.1 Å². The van der Waals surface area contributed by atoms with E-state index in [0.717, 1.165) is 30.6 Å². The summed E-state index contributed by atoms with van der Waals surface area (Å²) in [5.41, 5.74) is 3.92. The lowest BCUT2D eigenvalue weighted by Gasteiger charge is -2.30. The van der Waals surface area contributed by atoms with E-state index in [1.54, 1.807) is 0 Å². The van der Waals surface area contributed by atoms with Gasteiger partial charge in [-0.25, -0.2) is 4.79 Å². The standard InChI is InChI=1S/C56H90N8O11S4/c1-37(2)18-15-19-39(5)20-16-21-40(6)26-31-77-35-44(55(74)75-10)62-53(72)45-22-17-29-63(45)54(73)42(32-38(3)4)59-48(67)34-58-51(70)41(27-30-76-11)61-52(71)43(36-78-79-56(7,8)9)60-47(66)33-57-46(65)23-13-12-14-28-64-49(68)24-25-50(64)69/h18,20,24-26,38,41-45H,12-17,19,21-23,27-36H2,1-11H3,(H,57,65)(H,58,70)(H,59,67)(H,60,66)(H,61,71)(H,62,72)/b39-20+,40-26+/t41-,42-,43-,44-,45-/m0/s1. The Morgan fingerprint density at radius 1 is 0.734 bits per heavy atom. The van der Waals surface area contributed by atoms with Crippen molar-refractivity contribution in [2.45, 2.75) is 174 Å². The van der Waals surface area contributed by atoms with Crippen molar-refractivity contribution in [1.82, 2.24) is 41.7 Å². The lowest BCUT2D eigenvalue weighted by Crippen LogP contribution is -2.57. The van der Waals surface area contributed by atoms with Gasteiger partial charge in [-0.2, -0.15) is 23.5 Å². The first-order valence-corrected chi connectivity index (χ1v) is 32.2.